The molecule has 0 atom stereocenters. The lowest BCUT2D eigenvalue weighted by molar-refractivity contribution is 0.660. The Bertz CT molecular complexity index is 2430. The molecule has 1 heterocycles. The van der Waals surface area contributed by atoms with Gasteiger partial charge in [-0.15, -0.1) is 0 Å². The van der Waals surface area contributed by atoms with E-state index < -0.39 is 0 Å². The van der Waals surface area contributed by atoms with E-state index in [1.54, 1.807) is 0 Å². The van der Waals surface area contributed by atoms with Crippen LogP contribution in [0.5, 0.6) is 0 Å². The zero-order valence-corrected chi connectivity index (χ0v) is 26.6. The van der Waals surface area contributed by atoms with Crippen LogP contribution in [0.15, 0.2) is 170 Å². The van der Waals surface area contributed by atoms with Gasteiger partial charge in [-0.25, -0.2) is 0 Å². The van der Waals surface area contributed by atoms with Crippen LogP contribution in [0, 0.1) is 0 Å². The van der Waals surface area contributed by atoms with Gasteiger partial charge in [0.15, 0.2) is 0 Å². The van der Waals surface area contributed by atoms with Crippen molar-refractivity contribution in [2.45, 2.75) is 19.3 Å². The van der Waals surface area contributed by atoms with Crippen LogP contribution in [0.1, 0.15) is 25.0 Å². The van der Waals surface area contributed by atoms with Gasteiger partial charge in [0.1, 0.15) is 0 Å². The predicted molar refractivity (Wildman–Crippen MR) is 198 cm³/mol. The Kier molecular flexibility index (Phi) is 6.20. The molecular formula is C45H34N2. The van der Waals surface area contributed by atoms with Gasteiger partial charge >= 0.3 is 0 Å². The van der Waals surface area contributed by atoms with Crippen molar-refractivity contribution in [2.75, 3.05) is 4.90 Å². The van der Waals surface area contributed by atoms with Crippen molar-refractivity contribution in [1.29, 1.82) is 0 Å². The fourth-order valence-electron chi connectivity index (χ4n) is 7.69. The molecule has 8 aromatic rings. The van der Waals surface area contributed by atoms with Gasteiger partial charge in [-0.3, -0.25) is 0 Å². The van der Waals surface area contributed by atoms with Crippen LogP contribution in [0.3, 0.4) is 0 Å². The van der Waals surface area contributed by atoms with Crippen LogP contribution in [0.4, 0.5) is 17.1 Å². The molecule has 0 saturated heterocycles. The Hall–Kier alpha value is -5.86. The molecule has 0 amide bonds. The van der Waals surface area contributed by atoms with Gasteiger partial charge in [-0.1, -0.05) is 129 Å². The van der Waals surface area contributed by atoms with Gasteiger partial charge in [0.25, 0.3) is 0 Å². The molecular weight excluding hydrogens is 569 g/mol. The summed E-state index contributed by atoms with van der Waals surface area (Å²) in [5, 5.41) is 2.50. The van der Waals surface area contributed by atoms with Crippen molar-refractivity contribution in [3.8, 4) is 27.9 Å². The number of fused-ring (bicyclic) bond motifs is 6. The molecule has 0 unspecified atom stereocenters. The van der Waals surface area contributed by atoms with Crippen LogP contribution in [-0.2, 0) is 5.41 Å². The first-order valence-electron chi connectivity index (χ1n) is 16.4. The molecule has 0 saturated carbocycles. The second-order valence-corrected chi connectivity index (χ2v) is 13.0. The van der Waals surface area contributed by atoms with Crippen molar-refractivity contribution in [2.24, 2.45) is 0 Å². The van der Waals surface area contributed by atoms with Gasteiger partial charge in [0, 0.05) is 38.9 Å². The molecule has 1 aromatic heterocycles. The number of para-hydroxylation sites is 2. The average molecular weight is 603 g/mol. The zero-order valence-electron chi connectivity index (χ0n) is 26.6. The third-order valence-corrected chi connectivity index (χ3v) is 9.97. The number of rotatable bonds is 5. The number of nitrogens with zero attached hydrogens (tertiary/aromatic N) is 2. The quantitative estimate of drug-likeness (QED) is 0.190. The highest BCUT2D eigenvalue weighted by Crippen LogP contribution is 2.51. The Balaban J connectivity index is 1.29. The Morgan fingerprint density at radius 1 is 0.426 bits per heavy atom. The molecule has 9 rings (SSSR count). The van der Waals surface area contributed by atoms with Gasteiger partial charge < -0.3 is 9.47 Å². The van der Waals surface area contributed by atoms with Crippen LogP contribution >= 0.6 is 0 Å². The molecule has 7 aromatic carbocycles. The summed E-state index contributed by atoms with van der Waals surface area (Å²) in [6.07, 6.45) is 0. The van der Waals surface area contributed by atoms with E-state index in [-0.39, 0.29) is 5.41 Å². The molecule has 1 aliphatic carbocycles. The first-order chi connectivity index (χ1) is 23.1. The second-order valence-electron chi connectivity index (χ2n) is 13.0. The summed E-state index contributed by atoms with van der Waals surface area (Å²) in [7, 11) is 0. The van der Waals surface area contributed by atoms with Crippen molar-refractivity contribution >= 4 is 38.9 Å². The van der Waals surface area contributed by atoms with E-state index in [0.29, 0.717) is 0 Å². The Morgan fingerprint density at radius 3 is 1.89 bits per heavy atom. The van der Waals surface area contributed by atoms with Crippen molar-refractivity contribution in [1.82, 2.24) is 4.57 Å². The van der Waals surface area contributed by atoms with Crippen LogP contribution in [0.2, 0.25) is 0 Å². The fourth-order valence-corrected chi connectivity index (χ4v) is 7.69. The summed E-state index contributed by atoms with van der Waals surface area (Å²) in [6, 6.07) is 61.9. The lowest BCUT2D eigenvalue weighted by atomic mass is 9.82. The highest BCUT2D eigenvalue weighted by Gasteiger charge is 2.35. The normalized spacial score (nSPS) is 13.1. The fraction of sp³-hybridized carbons (Fsp3) is 0.0667. The maximum absolute atomic E-state index is 2.43. The summed E-state index contributed by atoms with van der Waals surface area (Å²) in [5.41, 5.74) is 14.7. The van der Waals surface area contributed by atoms with E-state index in [4.69, 9.17) is 0 Å². The standard InChI is InChI=1S/C45H34N2/c1-45(2)41-22-11-9-20-37(41)38-26-24-35(29-42(38)45)46(34-19-13-16-32(28-34)31-14-5-3-6-15-31)36-25-27-40-39-21-10-12-23-43(39)47(44(40)30-36)33-17-7-4-8-18-33/h3-30H,1-2H3. The van der Waals surface area contributed by atoms with Gasteiger partial charge in [0.2, 0.25) is 0 Å². The number of hydrogen-bond donors (Lipinski definition) is 0. The molecule has 0 spiro atoms. The third kappa shape index (κ3) is 4.33. The minimum atomic E-state index is -0.0941. The molecule has 0 N–H and O–H groups in total. The molecule has 0 radical (unpaired) electrons. The average Bonchev–Trinajstić information content (AvgIpc) is 3.57. The van der Waals surface area contributed by atoms with E-state index in [1.165, 1.54) is 55.2 Å². The number of benzene rings is 7. The first-order valence-corrected chi connectivity index (χ1v) is 16.4. The molecule has 0 aliphatic heterocycles. The predicted octanol–water partition coefficient (Wildman–Crippen LogP) is 12.2. The molecule has 0 bridgehead atoms. The molecule has 1 aliphatic rings. The topological polar surface area (TPSA) is 8.17 Å². The maximum Gasteiger partial charge on any atom is 0.0561 e. The zero-order chi connectivity index (χ0) is 31.5. The van der Waals surface area contributed by atoms with E-state index in [2.05, 4.69) is 193 Å². The lowest BCUT2D eigenvalue weighted by Crippen LogP contribution is -2.16. The van der Waals surface area contributed by atoms with Crippen LogP contribution < -0.4 is 4.90 Å². The van der Waals surface area contributed by atoms with Crippen LogP contribution in [0.25, 0.3) is 49.7 Å². The summed E-state index contributed by atoms with van der Waals surface area (Å²) in [5.74, 6) is 0. The summed E-state index contributed by atoms with van der Waals surface area (Å²) < 4.78 is 2.40. The minimum absolute atomic E-state index is 0.0941. The number of hydrogen-bond acceptors (Lipinski definition) is 1. The maximum atomic E-state index is 2.43. The van der Waals surface area contributed by atoms with Gasteiger partial charge in [-0.2, -0.15) is 0 Å². The third-order valence-electron chi connectivity index (χ3n) is 9.97. The monoisotopic (exact) mass is 602 g/mol. The highest BCUT2D eigenvalue weighted by molar-refractivity contribution is 6.10. The molecule has 2 nitrogen and oxygen atoms in total. The summed E-state index contributed by atoms with van der Waals surface area (Å²) >= 11 is 0. The second kappa shape index (κ2) is 10.6. The van der Waals surface area contributed by atoms with E-state index in [1.807, 2.05) is 0 Å². The number of aromatic nitrogens is 1. The number of anilines is 3. The van der Waals surface area contributed by atoms with Crippen molar-refractivity contribution in [3.63, 3.8) is 0 Å². The van der Waals surface area contributed by atoms with Gasteiger partial charge in [0.05, 0.1) is 11.0 Å². The molecule has 47 heavy (non-hydrogen) atoms. The lowest BCUT2D eigenvalue weighted by Gasteiger charge is -2.28. The Morgan fingerprint density at radius 2 is 1.04 bits per heavy atom. The largest absolute Gasteiger partial charge is 0.310 e. The smallest absolute Gasteiger partial charge is 0.0561 e. The van der Waals surface area contributed by atoms with E-state index in [0.717, 1.165) is 22.7 Å². The van der Waals surface area contributed by atoms with E-state index >= 15 is 0 Å². The van der Waals surface area contributed by atoms with E-state index in [9.17, 15) is 0 Å². The van der Waals surface area contributed by atoms with Gasteiger partial charge in [-0.05, 0) is 88.0 Å². The van der Waals surface area contributed by atoms with Crippen molar-refractivity contribution < 1.29 is 0 Å². The highest BCUT2D eigenvalue weighted by atomic mass is 15.1. The molecule has 224 valence electrons. The van der Waals surface area contributed by atoms with Crippen molar-refractivity contribution in [3.05, 3.63) is 181 Å². The first kappa shape index (κ1) is 27.5. The summed E-state index contributed by atoms with van der Waals surface area (Å²) in [4.78, 5) is 2.43. The molecule has 0 fully saturated rings. The molecule has 2 heteroatoms. The summed E-state index contributed by atoms with van der Waals surface area (Å²) in [6.45, 7) is 4.71. The Labute approximate surface area is 275 Å². The SMILES string of the molecule is CC1(C)c2ccccc2-c2ccc(N(c3cccc(-c4ccccc4)c3)c3ccc4c5ccccc5n(-c5ccccc5)c4c3)cc21. The van der Waals surface area contributed by atoms with Crippen LogP contribution in [-0.4, -0.2) is 4.57 Å². The minimum Gasteiger partial charge on any atom is -0.310 e.